The van der Waals surface area contributed by atoms with Crippen LogP contribution in [0.5, 0.6) is 0 Å². The van der Waals surface area contributed by atoms with E-state index in [2.05, 4.69) is 0 Å². The van der Waals surface area contributed by atoms with Gasteiger partial charge in [0.25, 0.3) is 0 Å². The number of anilines is 2. The summed E-state index contributed by atoms with van der Waals surface area (Å²) in [6.45, 7) is 4.34. The van der Waals surface area contributed by atoms with Gasteiger partial charge in [0.2, 0.25) is 0 Å². The van der Waals surface area contributed by atoms with Gasteiger partial charge >= 0.3 is 5.97 Å². The molecule has 0 aliphatic rings. The lowest BCUT2D eigenvalue weighted by atomic mass is 10.1. The number of rotatable bonds is 5. The van der Waals surface area contributed by atoms with Crippen molar-refractivity contribution in [2.75, 3.05) is 23.8 Å². The summed E-state index contributed by atoms with van der Waals surface area (Å²) in [5.41, 5.74) is 6.82. The van der Waals surface area contributed by atoms with E-state index in [9.17, 15) is 4.79 Å². The van der Waals surface area contributed by atoms with Crippen LogP contribution in [0.3, 0.4) is 0 Å². The molecule has 17 heavy (non-hydrogen) atoms. The van der Waals surface area contributed by atoms with Crippen molar-refractivity contribution < 1.29 is 15.0 Å². The Morgan fingerprint density at radius 1 is 1.47 bits per heavy atom. The fraction of sp³-hybridized carbons (Fsp3) is 0.417. The number of aliphatic hydroxyl groups excluding tert-OH is 1. The van der Waals surface area contributed by atoms with E-state index >= 15 is 0 Å². The first-order valence-electron chi connectivity index (χ1n) is 5.48. The lowest BCUT2D eigenvalue weighted by molar-refractivity contribution is 0.0698. The van der Waals surface area contributed by atoms with E-state index in [0.717, 1.165) is 0 Å². The average Bonchev–Trinajstić information content (AvgIpc) is 2.26. The van der Waals surface area contributed by atoms with Crippen LogP contribution in [0.2, 0.25) is 0 Å². The Morgan fingerprint density at radius 3 is 2.59 bits per heavy atom. The third kappa shape index (κ3) is 2.88. The number of hydrogen-bond acceptors (Lipinski definition) is 4. The molecule has 0 fully saturated rings. The van der Waals surface area contributed by atoms with E-state index in [1.54, 1.807) is 12.1 Å². The van der Waals surface area contributed by atoms with Crippen LogP contribution >= 0.6 is 0 Å². The molecule has 0 aromatic heterocycles. The molecule has 0 spiro atoms. The normalized spacial score (nSPS) is 10.6. The van der Waals surface area contributed by atoms with Crippen molar-refractivity contribution in [3.05, 3.63) is 23.8 Å². The molecule has 0 radical (unpaired) electrons. The van der Waals surface area contributed by atoms with Crippen molar-refractivity contribution in [3.8, 4) is 0 Å². The Hall–Kier alpha value is -1.75. The molecule has 0 atom stereocenters. The molecule has 0 unspecified atom stereocenters. The minimum Gasteiger partial charge on any atom is -0.478 e. The van der Waals surface area contributed by atoms with Gasteiger partial charge in [-0.25, -0.2) is 4.79 Å². The second-order valence-corrected chi connectivity index (χ2v) is 4.05. The van der Waals surface area contributed by atoms with Crippen molar-refractivity contribution in [1.29, 1.82) is 0 Å². The van der Waals surface area contributed by atoms with Gasteiger partial charge in [0.05, 0.1) is 23.5 Å². The van der Waals surface area contributed by atoms with E-state index in [-0.39, 0.29) is 23.9 Å². The Bertz CT molecular complexity index is 405. The molecule has 0 saturated carbocycles. The summed E-state index contributed by atoms with van der Waals surface area (Å²) in [6, 6.07) is 5.02. The maximum atomic E-state index is 11.0. The molecule has 5 heteroatoms. The van der Waals surface area contributed by atoms with E-state index in [1.165, 1.54) is 6.07 Å². The highest BCUT2D eigenvalue weighted by Crippen LogP contribution is 2.28. The summed E-state index contributed by atoms with van der Waals surface area (Å²) in [7, 11) is 0. The Balaban J connectivity index is 3.20. The molecule has 0 bridgehead atoms. The number of hydrogen-bond donors (Lipinski definition) is 3. The van der Waals surface area contributed by atoms with Crippen LogP contribution in [-0.4, -0.2) is 35.4 Å². The second kappa shape index (κ2) is 5.54. The standard InChI is InChI=1S/C12H18N2O3/c1-8(2)14(6-7-15)10-5-3-4-9(11(10)13)12(16)17/h3-5,8,15H,6-7,13H2,1-2H3,(H,16,17). The van der Waals surface area contributed by atoms with Gasteiger partial charge in [-0.05, 0) is 26.0 Å². The highest BCUT2D eigenvalue weighted by molar-refractivity contribution is 5.97. The number of para-hydroxylation sites is 1. The van der Waals surface area contributed by atoms with Gasteiger partial charge in [-0.15, -0.1) is 0 Å². The molecule has 1 aromatic rings. The van der Waals surface area contributed by atoms with E-state index in [0.29, 0.717) is 12.2 Å². The maximum absolute atomic E-state index is 11.0. The topological polar surface area (TPSA) is 86.8 Å². The number of nitrogens with two attached hydrogens (primary N) is 1. The SMILES string of the molecule is CC(C)N(CCO)c1cccc(C(=O)O)c1N. The summed E-state index contributed by atoms with van der Waals surface area (Å²) in [5, 5.41) is 18.0. The molecule has 0 aliphatic carbocycles. The quantitative estimate of drug-likeness (QED) is 0.670. The number of nitrogen functional groups attached to an aromatic ring is 1. The number of carbonyl (C=O) groups is 1. The molecule has 0 aliphatic heterocycles. The predicted octanol–water partition coefficient (Wildman–Crippen LogP) is 1.17. The highest BCUT2D eigenvalue weighted by Gasteiger charge is 2.17. The number of nitrogens with zero attached hydrogens (tertiary/aromatic N) is 1. The first kappa shape index (κ1) is 13.3. The van der Waals surface area contributed by atoms with Crippen LogP contribution < -0.4 is 10.6 Å². The highest BCUT2D eigenvalue weighted by atomic mass is 16.4. The molecule has 94 valence electrons. The van der Waals surface area contributed by atoms with Crippen molar-refractivity contribution in [2.24, 2.45) is 0 Å². The predicted molar refractivity (Wildman–Crippen MR) is 67.4 cm³/mol. The molecule has 0 saturated heterocycles. The molecule has 0 amide bonds. The van der Waals surface area contributed by atoms with E-state index < -0.39 is 5.97 Å². The summed E-state index contributed by atoms with van der Waals surface area (Å²) < 4.78 is 0. The molecule has 5 nitrogen and oxygen atoms in total. The third-order valence-corrected chi connectivity index (χ3v) is 2.59. The summed E-state index contributed by atoms with van der Waals surface area (Å²) in [6.07, 6.45) is 0. The molecule has 1 aromatic carbocycles. The van der Waals surface area contributed by atoms with Gasteiger partial charge in [0.1, 0.15) is 0 Å². The van der Waals surface area contributed by atoms with Crippen LogP contribution in [-0.2, 0) is 0 Å². The largest absolute Gasteiger partial charge is 0.478 e. The van der Waals surface area contributed by atoms with Gasteiger partial charge < -0.3 is 20.8 Å². The molecular formula is C12H18N2O3. The fourth-order valence-electron chi connectivity index (χ4n) is 1.75. The van der Waals surface area contributed by atoms with Crippen LogP contribution in [0.15, 0.2) is 18.2 Å². The van der Waals surface area contributed by atoms with Crippen molar-refractivity contribution in [2.45, 2.75) is 19.9 Å². The third-order valence-electron chi connectivity index (χ3n) is 2.59. The number of benzene rings is 1. The van der Waals surface area contributed by atoms with Crippen LogP contribution in [0.25, 0.3) is 0 Å². The zero-order valence-corrected chi connectivity index (χ0v) is 10.1. The van der Waals surface area contributed by atoms with Crippen molar-refractivity contribution >= 4 is 17.3 Å². The minimum atomic E-state index is -1.04. The molecule has 0 heterocycles. The molecule has 1 rings (SSSR count). The van der Waals surface area contributed by atoms with E-state index in [1.807, 2.05) is 18.7 Å². The molecule has 4 N–H and O–H groups in total. The maximum Gasteiger partial charge on any atom is 0.337 e. The van der Waals surface area contributed by atoms with Gasteiger partial charge in [-0.1, -0.05) is 6.07 Å². The number of aliphatic hydroxyl groups is 1. The first-order valence-corrected chi connectivity index (χ1v) is 5.48. The summed E-state index contributed by atoms with van der Waals surface area (Å²) >= 11 is 0. The Labute approximate surface area is 100 Å². The first-order chi connectivity index (χ1) is 7.99. The average molecular weight is 238 g/mol. The Morgan fingerprint density at radius 2 is 2.12 bits per heavy atom. The van der Waals surface area contributed by atoms with Crippen molar-refractivity contribution in [3.63, 3.8) is 0 Å². The minimum absolute atomic E-state index is 0.00504. The Kier molecular flexibility index (Phi) is 4.34. The lowest BCUT2D eigenvalue weighted by Gasteiger charge is -2.29. The summed E-state index contributed by atoms with van der Waals surface area (Å²) in [5.74, 6) is -1.04. The number of carboxylic acid groups (broad SMARTS) is 1. The second-order valence-electron chi connectivity index (χ2n) is 4.05. The zero-order chi connectivity index (χ0) is 13.0. The number of aromatic carboxylic acids is 1. The van der Waals surface area contributed by atoms with Crippen LogP contribution in [0.1, 0.15) is 24.2 Å². The van der Waals surface area contributed by atoms with Gasteiger partial charge in [-0.2, -0.15) is 0 Å². The van der Waals surface area contributed by atoms with Crippen LogP contribution in [0.4, 0.5) is 11.4 Å². The molecular weight excluding hydrogens is 220 g/mol. The van der Waals surface area contributed by atoms with Crippen LogP contribution in [0, 0.1) is 0 Å². The van der Waals surface area contributed by atoms with Crippen molar-refractivity contribution in [1.82, 2.24) is 0 Å². The lowest BCUT2D eigenvalue weighted by Crippen LogP contribution is -2.34. The summed E-state index contributed by atoms with van der Waals surface area (Å²) in [4.78, 5) is 12.9. The van der Waals surface area contributed by atoms with E-state index in [4.69, 9.17) is 15.9 Å². The zero-order valence-electron chi connectivity index (χ0n) is 10.1. The van der Waals surface area contributed by atoms with Gasteiger partial charge in [-0.3, -0.25) is 0 Å². The fourth-order valence-corrected chi connectivity index (χ4v) is 1.75. The number of carboxylic acids is 1. The monoisotopic (exact) mass is 238 g/mol. The van der Waals surface area contributed by atoms with Gasteiger partial charge in [0.15, 0.2) is 0 Å². The van der Waals surface area contributed by atoms with Gasteiger partial charge in [0, 0.05) is 12.6 Å². The smallest absolute Gasteiger partial charge is 0.337 e.